The van der Waals surface area contributed by atoms with Crippen molar-refractivity contribution in [2.45, 2.75) is 0 Å². The molecule has 0 saturated carbocycles. The van der Waals surface area contributed by atoms with E-state index in [1.54, 1.807) is 14.2 Å². The van der Waals surface area contributed by atoms with E-state index in [4.69, 9.17) is 9.47 Å². The second-order valence-corrected chi connectivity index (χ2v) is 4.79. The van der Waals surface area contributed by atoms with Gasteiger partial charge in [0.1, 0.15) is 11.5 Å². The van der Waals surface area contributed by atoms with Gasteiger partial charge in [-0.15, -0.1) is 0 Å². The molecule has 0 fully saturated rings. The molecule has 0 aliphatic rings. The maximum absolute atomic E-state index is 5.24. The molecule has 0 spiro atoms. The molecule has 0 unspecified atom stereocenters. The van der Waals surface area contributed by atoms with Gasteiger partial charge >= 0.3 is 0 Å². The monoisotopic (exact) mass is 281 g/mol. The Morgan fingerprint density at radius 1 is 0.762 bits per heavy atom. The number of methoxy groups -OCH3 is 2. The third-order valence-corrected chi connectivity index (χ3v) is 3.09. The molecule has 2 aromatic carbocycles. The van der Waals surface area contributed by atoms with Crippen LogP contribution in [0.25, 0.3) is 0 Å². The van der Waals surface area contributed by atoms with Gasteiger partial charge in [-0.25, -0.2) is 0 Å². The van der Waals surface area contributed by atoms with Crippen molar-refractivity contribution in [3.8, 4) is 23.3 Å². The van der Waals surface area contributed by atoms with Gasteiger partial charge in [-0.3, -0.25) is 0 Å². The average molecular weight is 281 g/mol. The van der Waals surface area contributed by atoms with Gasteiger partial charge in [0.05, 0.1) is 14.2 Å². The third-order valence-electron chi connectivity index (χ3n) is 3.09. The summed E-state index contributed by atoms with van der Waals surface area (Å²) in [6, 6.07) is 13.7. The van der Waals surface area contributed by atoms with Crippen LogP contribution in [-0.2, 0) is 0 Å². The largest absolute Gasteiger partial charge is 0.497 e. The van der Waals surface area contributed by atoms with Crippen LogP contribution in [0.15, 0.2) is 42.5 Å². The van der Waals surface area contributed by atoms with Crippen LogP contribution in [0.5, 0.6) is 11.5 Å². The van der Waals surface area contributed by atoms with Gasteiger partial charge in [0.25, 0.3) is 0 Å². The first-order chi connectivity index (χ1) is 10.1. The molecule has 0 aliphatic heterocycles. The molecule has 0 atom stereocenters. The Morgan fingerprint density at radius 2 is 1.29 bits per heavy atom. The lowest BCUT2D eigenvalue weighted by molar-refractivity contribution is 0.394. The number of nitrogens with zero attached hydrogens (tertiary/aromatic N) is 1. The molecule has 0 N–H and O–H groups in total. The highest BCUT2D eigenvalue weighted by atomic mass is 16.5. The zero-order chi connectivity index (χ0) is 15.2. The summed E-state index contributed by atoms with van der Waals surface area (Å²) < 4.78 is 10.5. The summed E-state index contributed by atoms with van der Waals surface area (Å²) in [5.74, 6) is 7.76. The van der Waals surface area contributed by atoms with Gasteiger partial charge in [-0.1, -0.05) is 11.8 Å². The summed E-state index contributed by atoms with van der Waals surface area (Å²) in [4.78, 5) is 2.06. The Kier molecular flexibility index (Phi) is 4.73. The molecule has 0 bridgehead atoms. The average Bonchev–Trinajstić information content (AvgIpc) is 2.52. The first kappa shape index (κ1) is 14.8. The van der Waals surface area contributed by atoms with Gasteiger partial charge in [0.15, 0.2) is 0 Å². The minimum atomic E-state index is 0.738. The van der Waals surface area contributed by atoms with E-state index in [0.29, 0.717) is 0 Å². The number of anilines is 1. The lowest BCUT2D eigenvalue weighted by Crippen LogP contribution is -2.07. The van der Waals surface area contributed by atoms with Crippen LogP contribution in [0.2, 0.25) is 0 Å². The van der Waals surface area contributed by atoms with Crippen molar-refractivity contribution in [1.29, 1.82) is 0 Å². The standard InChI is InChI=1S/C18H19NO2/c1-19(2)16-9-7-14(8-10-16)5-6-15-11-17(20-3)13-18(12-15)21-4/h7-13H,1-4H3. The molecule has 108 valence electrons. The Bertz CT molecular complexity index is 642. The molecule has 0 saturated heterocycles. The van der Waals surface area contributed by atoms with Crippen molar-refractivity contribution in [3.05, 3.63) is 53.6 Å². The van der Waals surface area contributed by atoms with Gasteiger partial charge in [-0.2, -0.15) is 0 Å². The molecule has 0 amide bonds. The van der Waals surface area contributed by atoms with E-state index >= 15 is 0 Å². The first-order valence-corrected chi connectivity index (χ1v) is 6.65. The third kappa shape index (κ3) is 3.93. The van der Waals surface area contributed by atoms with Crippen LogP contribution < -0.4 is 14.4 Å². The van der Waals surface area contributed by atoms with Crippen molar-refractivity contribution in [3.63, 3.8) is 0 Å². The molecule has 0 aromatic heterocycles. The minimum absolute atomic E-state index is 0.738. The van der Waals surface area contributed by atoms with Crippen molar-refractivity contribution in [2.75, 3.05) is 33.2 Å². The Labute approximate surface area is 126 Å². The summed E-state index contributed by atoms with van der Waals surface area (Å²) in [6.45, 7) is 0. The maximum Gasteiger partial charge on any atom is 0.123 e. The molecule has 3 heteroatoms. The molecule has 0 radical (unpaired) electrons. The van der Waals surface area contributed by atoms with Crippen molar-refractivity contribution >= 4 is 5.69 Å². The van der Waals surface area contributed by atoms with E-state index in [-0.39, 0.29) is 0 Å². The Balaban J connectivity index is 2.25. The van der Waals surface area contributed by atoms with E-state index in [1.807, 2.05) is 44.4 Å². The Hall–Kier alpha value is -2.60. The highest BCUT2D eigenvalue weighted by Gasteiger charge is 1.99. The SMILES string of the molecule is COc1cc(C#Cc2ccc(N(C)C)cc2)cc(OC)c1. The molecule has 0 heterocycles. The van der Waals surface area contributed by atoms with Gasteiger partial charge < -0.3 is 14.4 Å². The number of hydrogen-bond donors (Lipinski definition) is 0. The highest BCUT2D eigenvalue weighted by Crippen LogP contribution is 2.22. The normalized spacial score (nSPS) is 9.52. The molecular formula is C18H19NO2. The van der Waals surface area contributed by atoms with Crippen molar-refractivity contribution in [1.82, 2.24) is 0 Å². The summed E-state index contributed by atoms with van der Waals surface area (Å²) in [5.41, 5.74) is 2.99. The number of ether oxygens (including phenoxy) is 2. The topological polar surface area (TPSA) is 21.7 Å². The number of hydrogen-bond acceptors (Lipinski definition) is 3. The molecule has 3 nitrogen and oxygen atoms in total. The first-order valence-electron chi connectivity index (χ1n) is 6.65. The van der Waals surface area contributed by atoms with E-state index in [0.717, 1.165) is 28.3 Å². The van der Waals surface area contributed by atoms with E-state index in [1.165, 1.54) is 0 Å². The predicted octanol–water partition coefficient (Wildman–Crippen LogP) is 3.17. The molecule has 0 aliphatic carbocycles. The summed E-state index contributed by atoms with van der Waals surface area (Å²) in [5, 5.41) is 0. The van der Waals surface area contributed by atoms with Crippen LogP contribution in [-0.4, -0.2) is 28.3 Å². The lowest BCUT2D eigenvalue weighted by atomic mass is 10.1. The van der Waals surface area contributed by atoms with Gasteiger partial charge in [0.2, 0.25) is 0 Å². The van der Waals surface area contributed by atoms with Crippen molar-refractivity contribution in [2.24, 2.45) is 0 Å². The number of benzene rings is 2. The zero-order valence-electron chi connectivity index (χ0n) is 12.8. The lowest BCUT2D eigenvalue weighted by Gasteiger charge is -2.11. The van der Waals surface area contributed by atoms with Crippen LogP contribution in [0.4, 0.5) is 5.69 Å². The van der Waals surface area contributed by atoms with Crippen LogP contribution in [0.1, 0.15) is 11.1 Å². The fraction of sp³-hybridized carbons (Fsp3) is 0.222. The van der Waals surface area contributed by atoms with E-state index in [2.05, 4.69) is 28.9 Å². The van der Waals surface area contributed by atoms with Crippen LogP contribution in [0, 0.1) is 11.8 Å². The summed E-state index contributed by atoms with van der Waals surface area (Å²) in [7, 11) is 7.30. The molecule has 21 heavy (non-hydrogen) atoms. The molecular weight excluding hydrogens is 262 g/mol. The quantitative estimate of drug-likeness (QED) is 0.807. The molecule has 2 aromatic rings. The summed E-state index contributed by atoms with van der Waals surface area (Å²) in [6.07, 6.45) is 0. The maximum atomic E-state index is 5.24. The minimum Gasteiger partial charge on any atom is -0.497 e. The Morgan fingerprint density at radius 3 is 1.76 bits per heavy atom. The fourth-order valence-corrected chi connectivity index (χ4v) is 1.87. The summed E-state index contributed by atoms with van der Waals surface area (Å²) >= 11 is 0. The highest BCUT2D eigenvalue weighted by molar-refractivity contribution is 5.52. The predicted molar refractivity (Wildman–Crippen MR) is 86.3 cm³/mol. The van der Waals surface area contributed by atoms with E-state index in [9.17, 15) is 0 Å². The second kappa shape index (κ2) is 6.71. The smallest absolute Gasteiger partial charge is 0.123 e. The van der Waals surface area contributed by atoms with Gasteiger partial charge in [-0.05, 0) is 36.4 Å². The zero-order valence-corrected chi connectivity index (χ0v) is 12.8. The fourth-order valence-electron chi connectivity index (χ4n) is 1.87. The van der Waals surface area contributed by atoms with Gasteiger partial charge in [0, 0.05) is 37.0 Å². The van der Waals surface area contributed by atoms with E-state index < -0.39 is 0 Å². The second-order valence-electron chi connectivity index (χ2n) is 4.79. The molecule has 2 rings (SSSR count). The van der Waals surface area contributed by atoms with Crippen molar-refractivity contribution < 1.29 is 9.47 Å². The van der Waals surface area contributed by atoms with Crippen LogP contribution >= 0.6 is 0 Å². The van der Waals surface area contributed by atoms with Crippen LogP contribution in [0.3, 0.4) is 0 Å². The number of rotatable bonds is 3.